The number of nitrogens with one attached hydrogen (secondary N) is 1. The van der Waals surface area contributed by atoms with Gasteiger partial charge < -0.3 is 15.8 Å². The van der Waals surface area contributed by atoms with Gasteiger partial charge in [-0.15, -0.1) is 0 Å². The SMILES string of the molecule is CCc1cccc(CC(N)CNC(=O)OC(C)(C)C)c1. The Morgan fingerprint density at radius 2 is 2.00 bits per heavy atom. The summed E-state index contributed by atoms with van der Waals surface area (Å²) in [5.41, 5.74) is 8.05. The van der Waals surface area contributed by atoms with Crippen LogP contribution in [-0.4, -0.2) is 24.3 Å². The average molecular weight is 278 g/mol. The Bertz CT molecular complexity index is 438. The zero-order valence-corrected chi connectivity index (χ0v) is 12.9. The van der Waals surface area contributed by atoms with Crippen molar-refractivity contribution < 1.29 is 9.53 Å². The number of ether oxygens (including phenoxy) is 1. The Kier molecular flexibility index (Phi) is 6.02. The van der Waals surface area contributed by atoms with Crippen LogP contribution in [0.25, 0.3) is 0 Å². The largest absolute Gasteiger partial charge is 0.444 e. The van der Waals surface area contributed by atoms with E-state index in [9.17, 15) is 4.79 Å². The number of benzene rings is 1. The van der Waals surface area contributed by atoms with Crippen molar-refractivity contribution in [2.75, 3.05) is 6.54 Å². The maximum atomic E-state index is 11.5. The van der Waals surface area contributed by atoms with E-state index in [1.807, 2.05) is 26.8 Å². The van der Waals surface area contributed by atoms with Gasteiger partial charge in [0.05, 0.1) is 0 Å². The van der Waals surface area contributed by atoms with Crippen LogP contribution in [0.2, 0.25) is 0 Å². The van der Waals surface area contributed by atoms with Crippen molar-refractivity contribution in [2.45, 2.75) is 52.2 Å². The topological polar surface area (TPSA) is 64.3 Å². The monoisotopic (exact) mass is 278 g/mol. The van der Waals surface area contributed by atoms with Crippen molar-refractivity contribution in [3.63, 3.8) is 0 Å². The maximum absolute atomic E-state index is 11.5. The minimum Gasteiger partial charge on any atom is -0.444 e. The number of carbonyl (C=O) groups is 1. The predicted octanol–water partition coefficient (Wildman–Crippen LogP) is 2.64. The number of aryl methyl sites for hydroxylation is 1. The molecule has 0 aromatic heterocycles. The van der Waals surface area contributed by atoms with E-state index in [1.54, 1.807) is 0 Å². The summed E-state index contributed by atoms with van der Waals surface area (Å²) >= 11 is 0. The van der Waals surface area contributed by atoms with Gasteiger partial charge in [-0.05, 0) is 44.7 Å². The molecule has 1 aromatic carbocycles. The van der Waals surface area contributed by atoms with Crippen molar-refractivity contribution in [3.05, 3.63) is 35.4 Å². The average Bonchev–Trinajstić information content (AvgIpc) is 2.34. The molecule has 1 unspecified atom stereocenters. The standard InChI is InChI=1S/C16H26N2O2/c1-5-12-7-6-8-13(9-12)10-14(17)11-18-15(19)20-16(2,3)4/h6-9,14H,5,10-11,17H2,1-4H3,(H,18,19). The van der Waals surface area contributed by atoms with Gasteiger partial charge in [-0.1, -0.05) is 31.2 Å². The van der Waals surface area contributed by atoms with E-state index in [0.29, 0.717) is 6.54 Å². The minimum atomic E-state index is -0.483. The van der Waals surface area contributed by atoms with Crippen LogP contribution in [-0.2, 0) is 17.6 Å². The molecule has 112 valence electrons. The van der Waals surface area contributed by atoms with Crippen LogP contribution in [0.3, 0.4) is 0 Å². The van der Waals surface area contributed by atoms with E-state index in [0.717, 1.165) is 12.8 Å². The second-order valence-corrected chi connectivity index (χ2v) is 6.02. The molecule has 0 bridgehead atoms. The van der Waals surface area contributed by atoms with Gasteiger partial charge in [-0.2, -0.15) is 0 Å². The molecule has 1 atom stereocenters. The predicted molar refractivity (Wildman–Crippen MR) is 81.7 cm³/mol. The summed E-state index contributed by atoms with van der Waals surface area (Å²) in [5, 5.41) is 2.70. The molecule has 1 amide bonds. The Balaban J connectivity index is 2.40. The molecule has 0 spiro atoms. The summed E-state index contributed by atoms with van der Waals surface area (Å²) in [6.45, 7) is 8.04. The molecule has 1 aromatic rings. The molecule has 0 aliphatic rings. The van der Waals surface area contributed by atoms with Crippen LogP contribution in [0.4, 0.5) is 4.79 Å². The molecule has 1 rings (SSSR count). The fourth-order valence-corrected chi connectivity index (χ4v) is 1.88. The number of carbonyl (C=O) groups excluding carboxylic acids is 1. The highest BCUT2D eigenvalue weighted by Gasteiger charge is 2.16. The van der Waals surface area contributed by atoms with Crippen LogP contribution in [0, 0.1) is 0 Å². The number of hydrogen-bond donors (Lipinski definition) is 2. The molecule has 0 fully saturated rings. The van der Waals surface area contributed by atoms with Crippen molar-refractivity contribution >= 4 is 6.09 Å². The van der Waals surface area contributed by atoms with Crippen LogP contribution in [0.15, 0.2) is 24.3 Å². The van der Waals surface area contributed by atoms with Gasteiger partial charge in [0.2, 0.25) is 0 Å². The number of rotatable bonds is 5. The highest BCUT2D eigenvalue weighted by Crippen LogP contribution is 2.08. The Morgan fingerprint density at radius 1 is 1.35 bits per heavy atom. The Hall–Kier alpha value is -1.55. The van der Waals surface area contributed by atoms with Gasteiger partial charge in [0.1, 0.15) is 5.60 Å². The van der Waals surface area contributed by atoms with E-state index in [2.05, 4.69) is 30.4 Å². The highest BCUT2D eigenvalue weighted by molar-refractivity contribution is 5.67. The summed E-state index contributed by atoms with van der Waals surface area (Å²) in [4.78, 5) is 11.5. The van der Waals surface area contributed by atoms with E-state index in [1.165, 1.54) is 11.1 Å². The lowest BCUT2D eigenvalue weighted by Crippen LogP contribution is -2.41. The van der Waals surface area contributed by atoms with Gasteiger partial charge in [0.15, 0.2) is 0 Å². The van der Waals surface area contributed by atoms with Crippen molar-refractivity contribution in [1.29, 1.82) is 0 Å². The Morgan fingerprint density at radius 3 is 2.60 bits per heavy atom. The smallest absolute Gasteiger partial charge is 0.407 e. The molecule has 0 radical (unpaired) electrons. The zero-order chi connectivity index (χ0) is 15.2. The summed E-state index contributed by atoms with van der Waals surface area (Å²) in [7, 11) is 0. The molecule has 0 saturated heterocycles. The number of alkyl carbamates (subject to hydrolysis) is 1. The molecular weight excluding hydrogens is 252 g/mol. The summed E-state index contributed by atoms with van der Waals surface area (Å²) < 4.78 is 5.17. The van der Waals surface area contributed by atoms with Crippen LogP contribution < -0.4 is 11.1 Å². The van der Waals surface area contributed by atoms with E-state index < -0.39 is 11.7 Å². The highest BCUT2D eigenvalue weighted by atomic mass is 16.6. The molecule has 0 heterocycles. The fraction of sp³-hybridized carbons (Fsp3) is 0.562. The lowest BCUT2D eigenvalue weighted by Gasteiger charge is -2.20. The second-order valence-electron chi connectivity index (χ2n) is 6.02. The fourth-order valence-electron chi connectivity index (χ4n) is 1.88. The first-order chi connectivity index (χ1) is 9.30. The molecule has 4 nitrogen and oxygen atoms in total. The van der Waals surface area contributed by atoms with Gasteiger partial charge in [0.25, 0.3) is 0 Å². The lowest BCUT2D eigenvalue weighted by molar-refractivity contribution is 0.0524. The Labute approximate surface area is 121 Å². The van der Waals surface area contributed by atoms with E-state index in [-0.39, 0.29) is 6.04 Å². The third-order valence-electron chi connectivity index (χ3n) is 2.81. The molecule has 0 saturated carbocycles. The van der Waals surface area contributed by atoms with Gasteiger partial charge in [-0.25, -0.2) is 4.79 Å². The molecule has 20 heavy (non-hydrogen) atoms. The number of amides is 1. The molecule has 4 heteroatoms. The van der Waals surface area contributed by atoms with E-state index >= 15 is 0 Å². The van der Waals surface area contributed by atoms with Crippen LogP contribution in [0.1, 0.15) is 38.8 Å². The molecular formula is C16H26N2O2. The summed E-state index contributed by atoms with van der Waals surface area (Å²) in [6.07, 6.45) is 1.33. The first kappa shape index (κ1) is 16.5. The maximum Gasteiger partial charge on any atom is 0.407 e. The summed E-state index contributed by atoms with van der Waals surface area (Å²) in [5.74, 6) is 0. The van der Waals surface area contributed by atoms with Crippen LogP contribution in [0.5, 0.6) is 0 Å². The minimum absolute atomic E-state index is 0.116. The number of nitrogens with two attached hydrogens (primary N) is 1. The first-order valence-corrected chi connectivity index (χ1v) is 7.10. The van der Waals surface area contributed by atoms with Gasteiger partial charge in [0, 0.05) is 12.6 Å². The van der Waals surface area contributed by atoms with Crippen molar-refractivity contribution in [2.24, 2.45) is 5.73 Å². The van der Waals surface area contributed by atoms with Crippen molar-refractivity contribution in [1.82, 2.24) is 5.32 Å². The quantitative estimate of drug-likeness (QED) is 0.870. The molecule has 3 N–H and O–H groups in total. The summed E-state index contributed by atoms with van der Waals surface area (Å²) in [6, 6.07) is 8.25. The van der Waals surface area contributed by atoms with Gasteiger partial charge >= 0.3 is 6.09 Å². The van der Waals surface area contributed by atoms with Crippen molar-refractivity contribution in [3.8, 4) is 0 Å². The normalized spacial score (nSPS) is 12.8. The van der Waals surface area contributed by atoms with Gasteiger partial charge in [-0.3, -0.25) is 0 Å². The van der Waals surface area contributed by atoms with E-state index in [4.69, 9.17) is 10.5 Å². The first-order valence-electron chi connectivity index (χ1n) is 7.10. The molecule has 0 aliphatic carbocycles. The number of hydrogen-bond acceptors (Lipinski definition) is 3. The molecule has 0 aliphatic heterocycles. The second kappa shape index (κ2) is 7.29. The zero-order valence-electron chi connectivity index (χ0n) is 12.9. The van der Waals surface area contributed by atoms with Crippen LogP contribution >= 0.6 is 0 Å². The third-order valence-corrected chi connectivity index (χ3v) is 2.81. The third kappa shape index (κ3) is 6.57. The lowest BCUT2D eigenvalue weighted by atomic mass is 10.0.